The van der Waals surface area contributed by atoms with Gasteiger partial charge in [0.05, 0.1) is 22.4 Å². The van der Waals surface area contributed by atoms with E-state index in [1.807, 2.05) is 39.8 Å². The highest BCUT2D eigenvalue weighted by Crippen LogP contribution is 2.31. The molecule has 0 fully saturated rings. The number of nitrogens with zero attached hydrogens (tertiary/aromatic N) is 1. The lowest BCUT2D eigenvalue weighted by molar-refractivity contribution is -0.124. The summed E-state index contributed by atoms with van der Waals surface area (Å²) in [6, 6.07) is 9.72. The van der Waals surface area contributed by atoms with Crippen LogP contribution in [-0.4, -0.2) is 36.3 Å². The van der Waals surface area contributed by atoms with Crippen molar-refractivity contribution in [2.75, 3.05) is 11.5 Å². The van der Waals surface area contributed by atoms with Crippen LogP contribution in [0.4, 0.5) is 5.69 Å². The van der Waals surface area contributed by atoms with Gasteiger partial charge in [-0.05, 0) is 62.6 Å². The van der Waals surface area contributed by atoms with Crippen LogP contribution in [0.1, 0.15) is 62.5 Å². The first-order chi connectivity index (χ1) is 14.2. The van der Waals surface area contributed by atoms with Crippen molar-refractivity contribution in [2.24, 2.45) is 0 Å². The van der Waals surface area contributed by atoms with Crippen LogP contribution in [0.2, 0.25) is 0 Å². The Hall–Kier alpha value is -3.48. The predicted molar refractivity (Wildman–Crippen MR) is 112 cm³/mol. The Morgan fingerprint density at radius 3 is 2.43 bits per heavy atom. The highest BCUT2D eigenvalue weighted by Gasteiger charge is 2.38. The summed E-state index contributed by atoms with van der Waals surface area (Å²) in [6.45, 7) is 7.08. The minimum Gasteiger partial charge on any atom is -0.452 e. The van der Waals surface area contributed by atoms with Crippen LogP contribution in [0, 0.1) is 13.8 Å². The molecule has 3 rings (SSSR count). The summed E-state index contributed by atoms with van der Waals surface area (Å²) < 4.78 is 5.04. The predicted octanol–water partition coefficient (Wildman–Crippen LogP) is 3.18. The number of rotatable bonds is 6. The maximum atomic E-state index is 13.0. The summed E-state index contributed by atoms with van der Waals surface area (Å²) in [5, 5.41) is 2.70. The highest BCUT2D eigenvalue weighted by atomic mass is 16.5. The number of carbonyl (C=O) groups excluding carboxylic acids is 4. The number of ether oxygens (including phenoxy) is 1. The van der Waals surface area contributed by atoms with Gasteiger partial charge in [0.2, 0.25) is 0 Å². The first kappa shape index (κ1) is 21.2. The van der Waals surface area contributed by atoms with Gasteiger partial charge in [-0.1, -0.05) is 19.1 Å². The summed E-state index contributed by atoms with van der Waals surface area (Å²) >= 11 is 0. The Labute approximate surface area is 175 Å². The largest absolute Gasteiger partial charge is 0.452 e. The quantitative estimate of drug-likeness (QED) is 0.585. The number of hydrogen-bond donors (Lipinski definition) is 1. The van der Waals surface area contributed by atoms with Crippen molar-refractivity contribution in [3.05, 3.63) is 64.2 Å². The summed E-state index contributed by atoms with van der Waals surface area (Å²) in [5.41, 5.74) is 2.71. The molecule has 0 aliphatic carbocycles. The van der Waals surface area contributed by atoms with Gasteiger partial charge in [0.1, 0.15) is 0 Å². The smallest absolute Gasteiger partial charge is 0.338 e. The fourth-order valence-corrected chi connectivity index (χ4v) is 3.18. The van der Waals surface area contributed by atoms with Crippen LogP contribution in [0.3, 0.4) is 0 Å². The van der Waals surface area contributed by atoms with Gasteiger partial charge in [0.25, 0.3) is 17.7 Å². The van der Waals surface area contributed by atoms with Crippen molar-refractivity contribution in [3.8, 4) is 0 Å². The molecule has 0 radical (unpaired) electrons. The minimum absolute atomic E-state index is 0.0177. The average molecular weight is 408 g/mol. The molecule has 0 bridgehead atoms. The summed E-state index contributed by atoms with van der Waals surface area (Å²) in [7, 11) is 0. The van der Waals surface area contributed by atoms with E-state index in [9.17, 15) is 19.2 Å². The zero-order valence-electron chi connectivity index (χ0n) is 17.4. The second kappa shape index (κ2) is 8.49. The van der Waals surface area contributed by atoms with Crippen molar-refractivity contribution in [1.29, 1.82) is 0 Å². The molecule has 1 atom stereocenters. The molecule has 1 heterocycles. The number of imide groups is 1. The SMILES string of the molecule is CC[C@@H](C)NC(=O)COC(=O)c1ccc2c(c1)C(=O)N(c1cc(C)ccc1C)C2=O. The van der Waals surface area contributed by atoms with Gasteiger partial charge in [0.15, 0.2) is 6.61 Å². The standard InChI is InChI=1S/C23H24N2O5/c1-5-15(4)24-20(26)12-30-23(29)16-8-9-17-18(11-16)22(28)25(21(17)27)19-10-13(2)6-7-14(19)3/h6-11,15H,5,12H2,1-4H3,(H,24,26)/t15-/m1/s1. The van der Waals surface area contributed by atoms with Gasteiger partial charge in [-0.3, -0.25) is 14.4 Å². The first-order valence-electron chi connectivity index (χ1n) is 9.79. The molecule has 0 spiro atoms. The Morgan fingerprint density at radius 2 is 1.73 bits per heavy atom. The molecule has 2 aromatic carbocycles. The van der Waals surface area contributed by atoms with Gasteiger partial charge in [-0.25, -0.2) is 9.69 Å². The van der Waals surface area contributed by atoms with E-state index in [2.05, 4.69) is 5.32 Å². The van der Waals surface area contributed by atoms with E-state index in [4.69, 9.17) is 4.74 Å². The number of hydrogen-bond acceptors (Lipinski definition) is 5. The van der Waals surface area contributed by atoms with Crippen molar-refractivity contribution in [1.82, 2.24) is 5.32 Å². The molecule has 1 N–H and O–H groups in total. The van der Waals surface area contributed by atoms with Crippen LogP contribution < -0.4 is 10.2 Å². The summed E-state index contributed by atoms with van der Waals surface area (Å²) in [4.78, 5) is 51.0. The number of carbonyl (C=O) groups is 4. The normalized spacial score (nSPS) is 13.8. The molecular weight excluding hydrogens is 384 g/mol. The van der Waals surface area contributed by atoms with Crippen LogP contribution in [0.25, 0.3) is 0 Å². The highest BCUT2D eigenvalue weighted by molar-refractivity contribution is 6.35. The van der Waals surface area contributed by atoms with Crippen LogP contribution in [0.5, 0.6) is 0 Å². The molecule has 3 amide bonds. The maximum absolute atomic E-state index is 13.0. The third-order valence-corrected chi connectivity index (χ3v) is 5.08. The molecule has 0 saturated heterocycles. The van der Waals surface area contributed by atoms with Crippen LogP contribution in [-0.2, 0) is 9.53 Å². The van der Waals surface area contributed by atoms with E-state index in [1.54, 1.807) is 6.07 Å². The number of nitrogens with one attached hydrogen (secondary N) is 1. The maximum Gasteiger partial charge on any atom is 0.338 e. The Balaban J connectivity index is 1.79. The lowest BCUT2D eigenvalue weighted by atomic mass is 10.1. The first-order valence-corrected chi connectivity index (χ1v) is 9.79. The molecule has 7 nitrogen and oxygen atoms in total. The van der Waals surface area contributed by atoms with Gasteiger partial charge in [-0.2, -0.15) is 0 Å². The number of benzene rings is 2. The second-order valence-electron chi connectivity index (χ2n) is 7.45. The second-order valence-corrected chi connectivity index (χ2v) is 7.45. The zero-order chi connectivity index (χ0) is 22.0. The summed E-state index contributed by atoms with van der Waals surface area (Å²) in [5.74, 6) is -2.06. The van der Waals surface area contributed by atoms with Gasteiger partial charge in [-0.15, -0.1) is 0 Å². The van der Waals surface area contributed by atoms with Crippen molar-refractivity contribution < 1.29 is 23.9 Å². The third-order valence-electron chi connectivity index (χ3n) is 5.08. The molecular formula is C23H24N2O5. The fraction of sp³-hybridized carbons (Fsp3) is 0.304. The molecule has 156 valence electrons. The molecule has 0 unspecified atom stereocenters. The minimum atomic E-state index is -0.734. The van der Waals surface area contributed by atoms with E-state index >= 15 is 0 Å². The molecule has 0 aromatic heterocycles. The Bertz CT molecular complexity index is 1040. The van der Waals surface area contributed by atoms with E-state index < -0.39 is 30.3 Å². The topological polar surface area (TPSA) is 92.8 Å². The monoisotopic (exact) mass is 408 g/mol. The van der Waals surface area contributed by atoms with E-state index in [0.29, 0.717) is 5.69 Å². The van der Waals surface area contributed by atoms with Crippen LogP contribution >= 0.6 is 0 Å². The van der Waals surface area contributed by atoms with Gasteiger partial charge < -0.3 is 10.1 Å². The lowest BCUT2D eigenvalue weighted by Gasteiger charge is -2.17. The fourth-order valence-electron chi connectivity index (χ4n) is 3.18. The van der Waals surface area contributed by atoms with Gasteiger partial charge in [0, 0.05) is 6.04 Å². The number of amides is 3. The lowest BCUT2D eigenvalue weighted by Crippen LogP contribution is -2.35. The molecule has 1 aliphatic heterocycles. The van der Waals surface area contributed by atoms with Gasteiger partial charge >= 0.3 is 5.97 Å². The van der Waals surface area contributed by atoms with Crippen molar-refractivity contribution in [3.63, 3.8) is 0 Å². The molecule has 0 saturated carbocycles. The van der Waals surface area contributed by atoms with E-state index in [-0.39, 0.29) is 22.7 Å². The van der Waals surface area contributed by atoms with Crippen LogP contribution in [0.15, 0.2) is 36.4 Å². The number of aryl methyl sites for hydroxylation is 2. The van der Waals surface area contributed by atoms with E-state index in [0.717, 1.165) is 22.4 Å². The average Bonchev–Trinajstić information content (AvgIpc) is 2.97. The number of esters is 1. The number of fused-ring (bicyclic) bond motifs is 1. The summed E-state index contributed by atoms with van der Waals surface area (Å²) in [6.07, 6.45) is 0.761. The molecule has 1 aliphatic rings. The molecule has 7 heteroatoms. The Morgan fingerprint density at radius 1 is 1.03 bits per heavy atom. The number of anilines is 1. The Kier molecular flexibility index (Phi) is 6.01. The molecule has 2 aromatic rings. The third kappa shape index (κ3) is 4.10. The molecule has 30 heavy (non-hydrogen) atoms. The zero-order valence-corrected chi connectivity index (χ0v) is 17.4. The van der Waals surface area contributed by atoms with Crippen molar-refractivity contribution >= 4 is 29.4 Å². The van der Waals surface area contributed by atoms with E-state index in [1.165, 1.54) is 18.2 Å². The van der Waals surface area contributed by atoms with Crippen molar-refractivity contribution in [2.45, 2.75) is 40.2 Å².